The van der Waals surface area contributed by atoms with Crippen LogP contribution < -0.4 is 4.74 Å². The zero-order chi connectivity index (χ0) is 14.8. The number of carbonyl (C=O) groups is 1. The van der Waals surface area contributed by atoms with Gasteiger partial charge in [0.05, 0.1) is 0 Å². The van der Waals surface area contributed by atoms with Gasteiger partial charge in [-0.2, -0.15) is 0 Å². The second-order valence-corrected chi connectivity index (χ2v) is 5.87. The van der Waals surface area contributed by atoms with Crippen molar-refractivity contribution in [2.24, 2.45) is 0 Å². The molecule has 3 rings (SSSR count). The van der Waals surface area contributed by atoms with Gasteiger partial charge in [-0.25, -0.2) is 4.79 Å². The number of benzene rings is 2. The molecule has 21 heavy (non-hydrogen) atoms. The molecule has 4 heteroatoms. The number of aryl methyl sites for hydroxylation is 2. The number of thioether (sulfide) groups is 1. The summed E-state index contributed by atoms with van der Waals surface area (Å²) in [6, 6.07) is 11.3. The summed E-state index contributed by atoms with van der Waals surface area (Å²) >= 11 is 1.41. The first-order chi connectivity index (χ1) is 10.2. The van der Waals surface area contributed by atoms with Gasteiger partial charge in [0.2, 0.25) is 0 Å². The van der Waals surface area contributed by atoms with Crippen LogP contribution in [0, 0.1) is 0 Å². The standard InChI is InChI=1S/C17H16O3S/c1-21-15-7-3-6-14(16(15)17(18)19)20-13-9-8-11-4-2-5-12(11)10-13/h3,6-10H,2,4-5H2,1H3,(H,18,19). The third kappa shape index (κ3) is 2.76. The van der Waals surface area contributed by atoms with Gasteiger partial charge in [0.15, 0.2) is 0 Å². The molecule has 0 unspecified atom stereocenters. The van der Waals surface area contributed by atoms with Crippen LogP contribution in [0.2, 0.25) is 0 Å². The summed E-state index contributed by atoms with van der Waals surface area (Å²) in [6.07, 6.45) is 5.24. The monoisotopic (exact) mass is 300 g/mol. The highest BCUT2D eigenvalue weighted by molar-refractivity contribution is 7.98. The van der Waals surface area contributed by atoms with Crippen molar-refractivity contribution in [1.82, 2.24) is 0 Å². The maximum Gasteiger partial charge on any atom is 0.340 e. The number of ether oxygens (including phenoxy) is 1. The van der Waals surface area contributed by atoms with Gasteiger partial charge in [0.1, 0.15) is 17.1 Å². The average Bonchev–Trinajstić information content (AvgIpc) is 2.94. The number of hydrogen-bond acceptors (Lipinski definition) is 3. The zero-order valence-corrected chi connectivity index (χ0v) is 12.6. The van der Waals surface area contributed by atoms with Gasteiger partial charge < -0.3 is 9.84 Å². The molecule has 2 aromatic rings. The summed E-state index contributed by atoms with van der Waals surface area (Å²) in [6.45, 7) is 0. The lowest BCUT2D eigenvalue weighted by molar-refractivity contribution is 0.0690. The molecule has 1 aliphatic rings. The highest BCUT2D eigenvalue weighted by Crippen LogP contribution is 2.34. The van der Waals surface area contributed by atoms with Crippen LogP contribution in [0.25, 0.3) is 0 Å². The molecule has 2 aromatic carbocycles. The molecular formula is C17H16O3S. The number of carboxylic acid groups (broad SMARTS) is 1. The summed E-state index contributed by atoms with van der Waals surface area (Å²) in [5.74, 6) is 0.139. The molecule has 0 heterocycles. The first-order valence-corrected chi connectivity index (χ1v) is 8.11. The second-order valence-electron chi connectivity index (χ2n) is 5.02. The molecule has 0 saturated carbocycles. The van der Waals surface area contributed by atoms with Crippen molar-refractivity contribution >= 4 is 17.7 Å². The molecule has 108 valence electrons. The van der Waals surface area contributed by atoms with E-state index in [0.29, 0.717) is 16.4 Å². The van der Waals surface area contributed by atoms with Crippen molar-refractivity contribution in [2.45, 2.75) is 24.2 Å². The number of aromatic carboxylic acids is 1. The minimum absolute atomic E-state index is 0.227. The number of fused-ring (bicyclic) bond motifs is 1. The fourth-order valence-corrected chi connectivity index (χ4v) is 3.32. The van der Waals surface area contributed by atoms with Crippen molar-refractivity contribution in [3.63, 3.8) is 0 Å². The van der Waals surface area contributed by atoms with E-state index < -0.39 is 5.97 Å². The quantitative estimate of drug-likeness (QED) is 0.851. The van der Waals surface area contributed by atoms with Crippen molar-refractivity contribution in [1.29, 1.82) is 0 Å². The van der Waals surface area contributed by atoms with E-state index in [1.165, 1.54) is 29.3 Å². The van der Waals surface area contributed by atoms with Crippen LogP contribution in [0.15, 0.2) is 41.3 Å². The van der Waals surface area contributed by atoms with Gasteiger partial charge in [-0.15, -0.1) is 11.8 Å². The van der Waals surface area contributed by atoms with E-state index >= 15 is 0 Å². The molecule has 0 aromatic heterocycles. The Hall–Kier alpha value is -1.94. The minimum Gasteiger partial charge on any atom is -0.478 e. The normalized spacial score (nSPS) is 13.0. The highest BCUT2D eigenvalue weighted by atomic mass is 32.2. The van der Waals surface area contributed by atoms with Gasteiger partial charge in [0.25, 0.3) is 0 Å². The fourth-order valence-electron chi connectivity index (χ4n) is 2.72. The van der Waals surface area contributed by atoms with E-state index in [1.54, 1.807) is 12.1 Å². The molecule has 0 fully saturated rings. The van der Waals surface area contributed by atoms with Crippen molar-refractivity contribution in [2.75, 3.05) is 6.26 Å². The maximum atomic E-state index is 11.5. The van der Waals surface area contributed by atoms with Crippen molar-refractivity contribution in [3.05, 3.63) is 53.1 Å². The average molecular weight is 300 g/mol. The molecule has 0 atom stereocenters. The van der Waals surface area contributed by atoms with E-state index in [1.807, 2.05) is 24.5 Å². The Morgan fingerprint density at radius 3 is 2.76 bits per heavy atom. The molecule has 0 saturated heterocycles. The molecule has 0 radical (unpaired) electrons. The number of rotatable bonds is 4. The Labute approximate surface area is 127 Å². The summed E-state index contributed by atoms with van der Waals surface area (Å²) < 4.78 is 5.84. The van der Waals surface area contributed by atoms with E-state index in [0.717, 1.165) is 12.8 Å². The van der Waals surface area contributed by atoms with E-state index in [2.05, 4.69) is 6.07 Å². The molecule has 0 spiro atoms. The summed E-state index contributed by atoms with van der Waals surface area (Å²) in [5, 5.41) is 9.42. The van der Waals surface area contributed by atoms with Crippen LogP contribution >= 0.6 is 11.8 Å². The zero-order valence-electron chi connectivity index (χ0n) is 11.8. The van der Waals surface area contributed by atoms with Crippen LogP contribution in [0.5, 0.6) is 11.5 Å². The number of hydrogen-bond donors (Lipinski definition) is 1. The van der Waals surface area contributed by atoms with Gasteiger partial charge in [-0.05, 0) is 60.9 Å². The van der Waals surface area contributed by atoms with Crippen molar-refractivity contribution in [3.8, 4) is 11.5 Å². The van der Waals surface area contributed by atoms with E-state index in [-0.39, 0.29) is 5.56 Å². The Balaban J connectivity index is 1.96. The molecule has 3 nitrogen and oxygen atoms in total. The predicted molar refractivity (Wildman–Crippen MR) is 83.7 cm³/mol. The molecule has 0 amide bonds. The fraction of sp³-hybridized carbons (Fsp3) is 0.235. The number of carboxylic acids is 1. The van der Waals surface area contributed by atoms with E-state index in [4.69, 9.17) is 4.74 Å². The van der Waals surface area contributed by atoms with Crippen LogP contribution in [0.3, 0.4) is 0 Å². The highest BCUT2D eigenvalue weighted by Gasteiger charge is 2.18. The largest absolute Gasteiger partial charge is 0.478 e. The van der Waals surface area contributed by atoms with Crippen LogP contribution in [0.1, 0.15) is 27.9 Å². The molecule has 1 N–H and O–H groups in total. The summed E-state index contributed by atoms with van der Waals surface area (Å²) in [5.41, 5.74) is 2.91. The lowest BCUT2D eigenvalue weighted by atomic mass is 10.1. The lowest BCUT2D eigenvalue weighted by Gasteiger charge is -2.12. The second kappa shape index (κ2) is 5.82. The van der Waals surface area contributed by atoms with Crippen LogP contribution in [-0.2, 0) is 12.8 Å². The minimum atomic E-state index is -0.962. The van der Waals surface area contributed by atoms with Gasteiger partial charge in [-0.1, -0.05) is 12.1 Å². The smallest absolute Gasteiger partial charge is 0.340 e. The van der Waals surface area contributed by atoms with Gasteiger partial charge in [-0.3, -0.25) is 0 Å². The van der Waals surface area contributed by atoms with E-state index in [9.17, 15) is 9.90 Å². The summed E-state index contributed by atoms with van der Waals surface area (Å²) in [4.78, 5) is 12.2. The lowest BCUT2D eigenvalue weighted by Crippen LogP contribution is -2.02. The predicted octanol–water partition coefficient (Wildman–Crippen LogP) is 4.39. The molecule has 0 aliphatic heterocycles. The van der Waals surface area contributed by atoms with Crippen LogP contribution in [0.4, 0.5) is 0 Å². The maximum absolute atomic E-state index is 11.5. The third-order valence-corrected chi connectivity index (χ3v) is 4.50. The Morgan fingerprint density at radius 2 is 2.00 bits per heavy atom. The summed E-state index contributed by atoms with van der Waals surface area (Å²) in [7, 11) is 0. The molecule has 1 aliphatic carbocycles. The molecular weight excluding hydrogens is 284 g/mol. The Morgan fingerprint density at radius 1 is 1.19 bits per heavy atom. The molecule has 0 bridgehead atoms. The Kier molecular flexibility index (Phi) is 3.88. The SMILES string of the molecule is CSc1cccc(Oc2ccc3c(c2)CCC3)c1C(=O)O. The topological polar surface area (TPSA) is 46.5 Å². The third-order valence-electron chi connectivity index (χ3n) is 3.72. The van der Waals surface area contributed by atoms with Gasteiger partial charge >= 0.3 is 5.97 Å². The first-order valence-electron chi connectivity index (χ1n) is 6.89. The Bertz CT molecular complexity index is 694. The van der Waals surface area contributed by atoms with Crippen LogP contribution in [-0.4, -0.2) is 17.3 Å². The first kappa shape index (κ1) is 14.0. The van der Waals surface area contributed by atoms with Gasteiger partial charge in [0, 0.05) is 4.90 Å². The van der Waals surface area contributed by atoms with Crippen molar-refractivity contribution < 1.29 is 14.6 Å².